The maximum atomic E-state index is 12.1. The monoisotopic (exact) mass is 326 g/mol. The third-order valence-corrected chi connectivity index (χ3v) is 3.90. The van der Waals surface area contributed by atoms with Crippen LogP contribution in [-0.4, -0.2) is 38.8 Å². The lowest BCUT2D eigenvalue weighted by atomic mass is 10.0. The summed E-state index contributed by atoms with van der Waals surface area (Å²) < 4.78 is 10.9. The minimum absolute atomic E-state index is 0.124. The Bertz CT molecular complexity index is 490. The average molecular weight is 327 g/mol. The van der Waals surface area contributed by atoms with E-state index in [1.165, 1.54) is 0 Å². The molecular weight excluding hydrogens is 304 g/mol. The van der Waals surface area contributed by atoms with E-state index < -0.39 is 0 Å². The molecule has 0 aromatic heterocycles. The zero-order chi connectivity index (χ0) is 15.8. The molecule has 3 N–H and O–H groups in total. The van der Waals surface area contributed by atoms with Crippen LogP contribution in [0.3, 0.4) is 0 Å². The van der Waals surface area contributed by atoms with Crippen molar-refractivity contribution < 1.29 is 14.3 Å². The first-order valence-corrected chi connectivity index (χ1v) is 8.07. The first-order valence-electron chi connectivity index (χ1n) is 7.69. The summed E-state index contributed by atoms with van der Waals surface area (Å²) in [7, 11) is 0. The van der Waals surface area contributed by atoms with Crippen LogP contribution in [0.5, 0.6) is 5.75 Å². The van der Waals surface area contributed by atoms with Gasteiger partial charge in [0.2, 0.25) is 0 Å². The van der Waals surface area contributed by atoms with Gasteiger partial charge in [0.25, 0.3) is 5.91 Å². The molecule has 0 aliphatic carbocycles. The third-order valence-electron chi connectivity index (χ3n) is 3.61. The van der Waals surface area contributed by atoms with Gasteiger partial charge in [0.05, 0.1) is 18.2 Å². The number of rotatable bonds is 7. The van der Waals surface area contributed by atoms with Crippen LogP contribution in [0.2, 0.25) is 5.02 Å². The van der Waals surface area contributed by atoms with Crippen molar-refractivity contribution in [3.8, 4) is 5.75 Å². The van der Waals surface area contributed by atoms with Crippen LogP contribution >= 0.6 is 11.6 Å². The Morgan fingerprint density at radius 2 is 2.36 bits per heavy atom. The maximum Gasteiger partial charge on any atom is 0.251 e. The molecular formula is C16H23ClN2O3. The molecule has 1 aromatic carbocycles. The topological polar surface area (TPSA) is 73.6 Å². The summed E-state index contributed by atoms with van der Waals surface area (Å²) >= 11 is 6.15. The fraction of sp³-hybridized carbons (Fsp3) is 0.562. The van der Waals surface area contributed by atoms with E-state index in [9.17, 15) is 4.79 Å². The van der Waals surface area contributed by atoms with Gasteiger partial charge >= 0.3 is 0 Å². The molecule has 1 aliphatic heterocycles. The van der Waals surface area contributed by atoms with Crippen molar-refractivity contribution in [1.29, 1.82) is 0 Å². The van der Waals surface area contributed by atoms with E-state index in [1.54, 1.807) is 18.2 Å². The Labute approximate surface area is 136 Å². The van der Waals surface area contributed by atoms with Crippen LogP contribution in [0, 0.1) is 5.92 Å². The van der Waals surface area contributed by atoms with Gasteiger partial charge in [0.15, 0.2) is 0 Å². The normalized spacial score (nSPS) is 18.0. The van der Waals surface area contributed by atoms with Gasteiger partial charge in [-0.05, 0) is 49.9 Å². The highest BCUT2D eigenvalue weighted by Gasteiger charge is 2.16. The predicted molar refractivity (Wildman–Crippen MR) is 86.5 cm³/mol. The zero-order valence-corrected chi connectivity index (χ0v) is 13.4. The standard InChI is InChI=1S/C16H23ClN2O3/c17-14-9-13(4-5-15(14)22-8-2-6-18)16(20)19-10-12-3-1-7-21-11-12/h4-5,9,12H,1-3,6-8,10-11,18H2,(H,19,20)/t12-/m1/s1. The van der Waals surface area contributed by atoms with Gasteiger partial charge in [-0.1, -0.05) is 11.6 Å². The first kappa shape index (κ1) is 17.1. The van der Waals surface area contributed by atoms with E-state index in [1.807, 2.05) is 0 Å². The number of carbonyl (C=O) groups excluding carboxylic acids is 1. The Balaban J connectivity index is 1.85. The molecule has 0 spiro atoms. The molecule has 1 saturated heterocycles. The quantitative estimate of drug-likeness (QED) is 0.754. The number of benzene rings is 1. The SMILES string of the molecule is NCCCOc1ccc(C(=O)NC[C@H]2CCCOC2)cc1Cl. The molecule has 2 rings (SSSR count). The second-order valence-electron chi connectivity index (χ2n) is 5.43. The highest BCUT2D eigenvalue weighted by Crippen LogP contribution is 2.25. The van der Waals surface area contributed by atoms with Crippen molar-refractivity contribution in [3.63, 3.8) is 0 Å². The summed E-state index contributed by atoms with van der Waals surface area (Å²) in [6.07, 6.45) is 2.91. The van der Waals surface area contributed by atoms with Gasteiger partial charge in [-0.15, -0.1) is 0 Å². The lowest BCUT2D eigenvalue weighted by Crippen LogP contribution is -2.33. The predicted octanol–water partition coefficient (Wildman–Crippen LogP) is 2.22. The minimum atomic E-state index is -0.124. The lowest BCUT2D eigenvalue weighted by Gasteiger charge is -2.22. The van der Waals surface area contributed by atoms with Crippen LogP contribution in [0.1, 0.15) is 29.6 Å². The Hall–Kier alpha value is -1.30. The highest BCUT2D eigenvalue weighted by atomic mass is 35.5. The molecule has 22 heavy (non-hydrogen) atoms. The van der Waals surface area contributed by atoms with Crippen molar-refractivity contribution in [3.05, 3.63) is 28.8 Å². The first-order chi connectivity index (χ1) is 10.7. The smallest absolute Gasteiger partial charge is 0.251 e. The molecule has 1 fully saturated rings. The van der Waals surface area contributed by atoms with Gasteiger partial charge in [0.1, 0.15) is 5.75 Å². The Morgan fingerprint density at radius 3 is 3.05 bits per heavy atom. The summed E-state index contributed by atoms with van der Waals surface area (Å²) in [5.41, 5.74) is 5.95. The molecule has 1 atom stereocenters. The summed E-state index contributed by atoms with van der Waals surface area (Å²) in [5, 5.41) is 3.37. The second kappa shape index (κ2) is 8.98. The van der Waals surface area contributed by atoms with E-state index in [-0.39, 0.29) is 5.91 Å². The molecule has 1 aromatic rings. The van der Waals surface area contributed by atoms with E-state index in [0.29, 0.717) is 41.9 Å². The van der Waals surface area contributed by atoms with Gasteiger partial charge < -0.3 is 20.5 Å². The minimum Gasteiger partial charge on any atom is -0.492 e. The number of nitrogens with one attached hydrogen (secondary N) is 1. The molecule has 0 saturated carbocycles. The van der Waals surface area contributed by atoms with E-state index in [0.717, 1.165) is 32.5 Å². The van der Waals surface area contributed by atoms with E-state index >= 15 is 0 Å². The molecule has 1 aliphatic rings. The second-order valence-corrected chi connectivity index (χ2v) is 5.84. The van der Waals surface area contributed by atoms with Gasteiger partial charge in [-0.25, -0.2) is 0 Å². The van der Waals surface area contributed by atoms with Crippen LogP contribution in [0.4, 0.5) is 0 Å². The summed E-state index contributed by atoms with van der Waals surface area (Å²) in [4.78, 5) is 12.1. The fourth-order valence-corrected chi connectivity index (χ4v) is 2.57. The van der Waals surface area contributed by atoms with Crippen molar-refractivity contribution in [2.24, 2.45) is 11.7 Å². The number of hydrogen-bond donors (Lipinski definition) is 2. The summed E-state index contributed by atoms with van der Waals surface area (Å²) in [6, 6.07) is 5.07. The molecule has 0 bridgehead atoms. The third kappa shape index (κ3) is 5.16. The molecule has 122 valence electrons. The zero-order valence-electron chi connectivity index (χ0n) is 12.6. The highest BCUT2D eigenvalue weighted by molar-refractivity contribution is 6.32. The maximum absolute atomic E-state index is 12.1. The van der Waals surface area contributed by atoms with E-state index in [4.69, 9.17) is 26.8 Å². The van der Waals surface area contributed by atoms with Crippen molar-refractivity contribution >= 4 is 17.5 Å². The fourth-order valence-electron chi connectivity index (χ4n) is 2.33. The number of amides is 1. The van der Waals surface area contributed by atoms with Crippen LogP contribution in [0.25, 0.3) is 0 Å². The van der Waals surface area contributed by atoms with Crippen molar-refractivity contribution in [2.75, 3.05) is 32.9 Å². The van der Waals surface area contributed by atoms with Gasteiger partial charge in [-0.3, -0.25) is 4.79 Å². The van der Waals surface area contributed by atoms with Gasteiger partial charge in [0, 0.05) is 18.7 Å². The largest absolute Gasteiger partial charge is 0.492 e. The molecule has 0 unspecified atom stereocenters. The Morgan fingerprint density at radius 1 is 1.50 bits per heavy atom. The van der Waals surface area contributed by atoms with Gasteiger partial charge in [-0.2, -0.15) is 0 Å². The number of ether oxygens (including phenoxy) is 2. The van der Waals surface area contributed by atoms with Crippen LogP contribution in [-0.2, 0) is 4.74 Å². The van der Waals surface area contributed by atoms with Crippen LogP contribution < -0.4 is 15.8 Å². The van der Waals surface area contributed by atoms with Crippen molar-refractivity contribution in [1.82, 2.24) is 5.32 Å². The van der Waals surface area contributed by atoms with Crippen LogP contribution in [0.15, 0.2) is 18.2 Å². The lowest BCUT2D eigenvalue weighted by molar-refractivity contribution is 0.0536. The number of hydrogen-bond acceptors (Lipinski definition) is 4. The Kier molecular flexibility index (Phi) is 6.96. The number of nitrogens with two attached hydrogens (primary N) is 1. The van der Waals surface area contributed by atoms with E-state index in [2.05, 4.69) is 5.32 Å². The average Bonchev–Trinajstić information content (AvgIpc) is 2.55. The summed E-state index contributed by atoms with van der Waals surface area (Å²) in [6.45, 7) is 3.26. The molecule has 6 heteroatoms. The molecule has 0 radical (unpaired) electrons. The number of carbonyl (C=O) groups is 1. The molecule has 1 heterocycles. The molecule has 1 amide bonds. The molecule has 5 nitrogen and oxygen atoms in total. The number of halogens is 1. The summed E-state index contributed by atoms with van der Waals surface area (Å²) in [5.74, 6) is 0.848. The van der Waals surface area contributed by atoms with Crippen molar-refractivity contribution in [2.45, 2.75) is 19.3 Å².